The number of hydrogen-bond acceptors (Lipinski definition) is 13. The summed E-state index contributed by atoms with van der Waals surface area (Å²) < 4.78 is 19.5. The molecule has 0 radical (unpaired) electrons. The molecule has 3 rings (SSSR count). The molecule has 3 amide bonds. The van der Waals surface area contributed by atoms with Crippen molar-refractivity contribution >= 4 is 18.3 Å². The quantitative estimate of drug-likeness (QED) is 0.0606. The van der Waals surface area contributed by atoms with Gasteiger partial charge >= 0.3 is 18.3 Å². The minimum atomic E-state index is -1.78. The molecular formula is C33H45N7O15. The Kier molecular flexibility index (Phi) is 16.0. The molecule has 0 spiro atoms. The molecule has 3 aromatic heterocycles. The van der Waals surface area contributed by atoms with Gasteiger partial charge in [-0.25, -0.2) is 19.3 Å². The van der Waals surface area contributed by atoms with E-state index in [0.29, 0.717) is 0 Å². The second kappa shape index (κ2) is 20.4. The monoisotopic (exact) mass is 779 g/mol. The molecule has 0 aliphatic rings. The number of aromatic hydroxyl groups is 3. The van der Waals surface area contributed by atoms with Crippen LogP contribution in [0.2, 0.25) is 0 Å². The summed E-state index contributed by atoms with van der Waals surface area (Å²) in [6.07, 6.45) is -8.56. The molecule has 0 saturated heterocycles. The molecule has 3 atom stereocenters. The van der Waals surface area contributed by atoms with Gasteiger partial charge in [-0.05, 0) is 0 Å². The topological polar surface area (TPSA) is 306 Å². The largest absolute Gasteiger partial charge is 0.503 e. The Balaban J connectivity index is 2.44. The summed E-state index contributed by atoms with van der Waals surface area (Å²) in [4.78, 5) is 76.6. The summed E-state index contributed by atoms with van der Waals surface area (Å²) in [6, 6.07) is 3.14. The summed E-state index contributed by atoms with van der Waals surface area (Å²) in [6.45, 7) is 0.254. The van der Waals surface area contributed by atoms with Crippen LogP contribution in [0.1, 0.15) is 17.1 Å². The number of rotatable bonds is 21. The van der Waals surface area contributed by atoms with Crippen molar-refractivity contribution in [1.82, 2.24) is 34.6 Å². The van der Waals surface area contributed by atoms with Crippen molar-refractivity contribution < 1.29 is 59.2 Å². The Labute approximate surface area is 312 Å². The van der Waals surface area contributed by atoms with Gasteiger partial charge in [0.15, 0.2) is 17.2 Å². The predicted molar refractivity (Wildman–Crippen MR) is 191 cm³/mol. The van der Waals surface area contributed by atoms with Gasteiger partial charge in [0.05, 0.1) is 55.4 Å². The molecule has 55 heavy (non-hydrogen) atoms. The Morgan fingerprint density at radius 2 is 0.818 bits per heavy atom. The zero-order chi connectivity index (χ0) is 40.8. The number of methoxy groups -OCH3 is 3. The normalized spacial score (nSPS) is 12.9. The molecule has 3 aromatic rings. The molecule has 0 saturated carbocycles. The van der Waals surface area contributed by atoms with E-state index >= 15 is 0 Å². The SMILES string of the molecule is COCCn1ccc(=O)c(O)c1CC(NC(=O)O)N(C(Cc1c(O)c(=O)ccn1CCOC)NC(=O)O)C(Cc1c(O)c(=O)ccn1CCOC)NC(=O)O. The van der Waals surface area contributed by atoms with Crippen LogP contribution in [0.4, 0.5) is 14.4 Å². The molecule has 0 aliphatic heterocycles. The standard InChI is InChI=1S/C33H45N7O15/c1-53-13-10-37-7-4-22(41)28(44)19(37)16-25(34-31(47)48)40(26(35-32(49)50)17-20-29(45)23(42)5-8-38(20)11-14-54-2)27(36-33(51)52)18-21-30(46)24(43)6-9-39(21)12-15-55-3/h4-9,25-27,34-36,44-46H,10-18H2,1-3H3,(H,47,48)(H,49,50)(H,51,52). The molecule has 9 N–H and O–H groups in total. The minimum absolute atomic E-state index is 0.0282. The van der Waals surface area contributed by atoms with Crippen molar-refractivity contribution in [3.63, 3.8) is 0 Å². The fourth-order valence-corrected chi connectivity index (χ4v) is 5.98. The molecule has 22 heteroatoms. The molecule has 3 unspecified atom stereocenters. The maximum Gasteiger partial charge on any atom is 0.405 e. The van der Waals surface area contributed by atoms with Crippen LogP contribution in [0.3, 0.4) is 0 Å². The Hall–Kier alpha value is -6.10. The highest BCUT2D eigenvalue weighted by Gasteiger charge is 2.39. The second-order valence-corrected chi connectivity index (χ2v) is 11.9. The van der Waals surface area contributed by atoms with Crippen molar-refractivity contribution in [2.75, 3.05) is 41.2 Å². The number of ether oxygens (including phenoxy) is 3. The van der Waals surface area contributed by atoms with E-state index in [2.05, 4.69) is 16.0 Å². The Morgan fingerprint density at radius 1 is 0.564 bits per heavy atom. The first-order valence-electron chi connectivity index (χ1n) is 16.6. The van der Waals surface area contributed by atoms with E-state index in [-0.39, 0.29) is 56.5 Å². The average molecular weight is 780 g/mol. The van der Waals surface area contributed by atoms with E-state index in [1.807, 2.05) is 0 Å². The first kappa shape index (κ1) is 43.3. The highest BCUT2D eigenvalue weighted by atomic mass is 16.5. The summed E-state index contributed by atoms with van der Waals surface area (Å²) in [5.41, 5.74) is -3.14. The van der Waals surface area contributed by atoms with Gasteiger partial charge in [0.1, 0.15) is 0 Å². The van der Waals surface area contributed by atoms with Crippen molar-refractivity contribution in [3.05, 3.63) is 84.5 Å². The smallest absolute Gasteiger partial charge is 0.405 e. The minimum Gasteiger partial charge on any atom is -0.503 e. The lowest BCUT2D eigenvalue weighted by atomic mass is 10.1. The van der Waals surface area contributed by atoms with Crippen LogP contribution in [0.25, 0.3) is 0 Å². The third-order valence-electron chi connectivity index (χ3n) is 8.50. The molecule has 3 heterocycles. The fourth-order valence-electron chi connectivity index (χ4n) is 5.98. The van der Waals surface area contributed by atoms with Gasteiger partial charge in [0.25, 0.3) is 0 Å². The van der Waals surface area contributed by atoms with Crippen LogP contribution in [0.15, 0.2) is 51.2 Å². The number of carboxylic acid groups (broad SMARTS) is 3. The first-order chi connectivity index (χ1) is 26.1. The molecule has 0 bridgehead atoms. The second-order valence-electron chi connectivity index (χ2n) is 11.9. The van der Waals surface area contributed by atoms with E-state index in [1.54, 1.807) is 0 Å². The van der Waals surface area contributed by atoms with Gasteiger partial charge < -0.3 is 74.5 Å². The van der Waals surface area contributed by atoms with Crippen LogP contribution in [-0.4, -0.2) is 127 Å². The third kappa shape index (κ3) is 11.7. The number of hydrogen-bond donors (Lipinski definition) is 9. The number of carbonyl (C=O) groups is 3. The molecule has 0 fully saturated rings. The molecular weight excluding hydrogens is 734 g/mol. The van der Waals surface area contributed by atoms with Crippen molar-refractivity contribution in [3.8, 4) is 17.2 Å². The van der Waals surface area contributed by atoms with Crippen molar-refractivity contribution in [2.24, 2.45) is 0 Å². The molecule has 0 aliphatic carbocycles. The van der Waals surface area contributed by atoms with Crippen LogP contribution in [-0.2, 0) is 53.1 Å². The lowest BCUT2D eigenvalue weighted by molar-refractivity contribution is 0.0252. The molecule has 0 aromatic carbocycles. The van der Waals surface area contributed by atoms with Crippen molar-refractivity contribution in [1.29, 1.82) is 0 Å². The van der Waals surface area contributed by atoms with Gasteiger partial charge in [-0.3, -0.25) is 14.4 Å². The van der Waals surface area contributed by atoms with E-state index in [1.165, 1.54) is 53.6 Å². The lowest BCUT2D eigenvalue weighted by Crippen LogP contribution is -2.66. The lowest BCUT2D eigenvalue weighted by Gasteiger charge is -2.43. The zero-order valence-corrected chi connectivity index (χ0v) is 30.2. The number of amides is 3. The highest BCUT2D eigenvalue weighted by molar-refractivity contribution is 5.66. The summed E-state index contributed by atoms with van der Waals surface area (Å²) in [5.74, 6) is -2.45. The van der Waals surface area contributed by atoms with Crippen LogP contribution < -0.4 is 32.2 Å². The molecule has 302 valence electrons. The maximum atomic E-state index is 12.7. The maximum absolute atomic E-state index is 12.7. The Morgan fingerprint density at radius 3 is 1.04 bits per heavy atom. The van der Waals surface area contributed by atoms with E-state index < -0.39 is 89.6 Å². The van der Waals surface area contributed by atoms with Crippen LogP contribution in [0, 0.1) is 0 Å². The van der Waals surface area contributed by atoms with Gasteiger partial charge in [-0.2, -0.15) is 0 Å². The average Bonchev–Trinajstić information content (AvgIpc) is 3.12. The van der Waals surface area contributed by atoms with Crippen LogP contribution >= 0.6 is 0 Å². The van der Waals surface area contributed by atoms with Gasteiger partial charge in [-0.1, -0.05) is 0 Å². The van der Waals surface area contributed by atoms with Crippen LogP contribution in [0.5, 0.6) is 17.2 Å². The third-order valence-corrected chi connectivity index (χ3v) is 8.50. The first-order valence-corrected chi connectivity index (χ1v) is 16.6. The predicted octanol–water partition coefficient (Wildman–Crippen LogP) is -0.661. The zero-order valence-electron chi connectivity index (χ0n) is 30.2. The highest BCUT2D eigenvalue weighted by Crippen LogP contribution is 2.25. The van der Waals surface area contributed by atoms with Gasteiger partial charge in [0.2, 0.25) is 16.3 Å². The van der Waals surface area contributed by atoms with Gasteiger partial charge in [0, 0.05) is 97.0 Å². The number of aromatic nitrogens is 3. The van der Waals surface area contributed by atoms with E-state index in [4.69, 9.17) is 14.2 Å². The molecule has 22 nitrogen and oxygen atoms in total. The Bertz CT molecular complexity index is 1760. The van der Waals surface area contributed by atoms with Gasteiger partial charge in [-0.15, -0.1) is 0 Å². The van der Waals surface area contributed by atoms with Crippen molar-refractivity contribution in [2.45, 2.75) is 57.4 Å². The van der Waals surface area contributed by atoms with E-state index in [9.17, 15) is 59.4 Å². The fraction of sp³-hybridized carbons (Fsp3) is 0.455. The number of pyridine rings is 3. The summed E-state index contributed by atoms with van der Waals surface area (Å²) in [5, 5.41) is 70.0. The summed E-state index contributed by atoms with van der Waals surface area (Å²) >= 11 is 0. The summed E-state index contributed by atoms with van der Waals surface area (Å²) in [7, 11) is 4.16. The number of nitrogens with zero attached hydrogens (tertiary/aromatic N) is 4. The number of nitrogens with one attached hydrogen (secondary N) is 3. The van der Waals surface area contributed by atoms with E-state index in [0.717, 1.165) is 23.1 Å².